The molecular weight excluding hydrogens is 344 g/mol. The average Bonchev–Trinajstić information content (AvgIpc) is 3.08. The Labute approximate surface area is 162 Å². The minimum Gasteiger partial charge on any atom is -0.380 e. The number of ether oxygens (including phenoxy) is 2. The van der Waals surface area contributed by atoms with Crippen LogP contribution in [0.1, 0.15) is 42.9 Å². The fourth-order valence-corrected chi connectivity index (χ4v) is 4.21. The van der Waals surface area contributed by atoms with Gasteiger partial charge in [-0.05, 0) is 45.6 Å². The second kappa shape index (κ2) is 9.66. The Balaban J connectivity index is 1.55. The zero-order valence-corrected chi connectivity index (χ0v) is 17.0. The van der Waals surface area contributed by atoms with Gasteiger partial charge in [0.1, 0.15) is 5.69 Å². The maximum Gasteiger partial charge on any atom is 0.272 e. The minimum atomic E-state index is 0.101. The van der Waals surface area contributed by atoms with Crippen LogP contribution in [0.2, 0.25) is 0 Å². The van der Waals surface area contributed by atoms with Gasteiger partial charge in [0, 0.05) is 38.8 Å². The molecule has 2 saturated heterocycles. The first-order valence-corrected chi connectivity index (χ1v) is 10.3. The zero-order valence-electron chi connectivity index (χ0n) is 17.0. The van der Waals surface area contributed by atoms with Crippen molar-refractivity contribution in [2.24, 2.45) is 5.92 Å². The summed E-state index contributed by atoms with van der Waals surface area (Å²) in [6, 6.07) is 2.46. The van der Waals surface area contributed by atoms with E-state index in [2.05, 4.69) is 16.9 Å². The monoisotopic (exact) mass is 378 g/mol. The molecule has 3 rings (SSSR count). The van der Waals surface area contributed by atoms with Crippen molar-refractivity contribution in [3.63, 3.8) is 0 Å². The van der Waals surface area contributed by atoms with Gasteiger partial charge in [0.05, 0.1) is 32.1 Å². The Hall–Kier alpha value is -1.44. The molecule has 2 aliphatic rings. The standard InChI is InChI=1S/C20H34N4O3/c1-4-26-14-11-24-19(15-16(2)21-24)20(25)23-7-5-18(6-8-23)17(3)22-9-12-27-13-10-22/h15,17-18H,4-14H2,1-3H3/t17-/m1/s1. The minimum absolute atomic E-state index is 0.101. The summed E-state index contributed by atoms with van der Waals surface area (Å²) in [7, 11) is 0. The summed E-state index contributed by atoms with van der Waals surface area (Å²) in [6.45, 7) is 13.5. The normalized spacial score (nSPS) is 20.8. The summed E-state index contributed by atoms with van der Waals surface area (Å²) in [5.41, 5.74) is 1.57. The lowest BCUT2D eigenvalue weighted by molar-refractivity contribution is -0.00103. The van der Waals surface area contributed by atoms with Gasteiger partial charge in [-0.2, -0.15) is 5.10 Å². The Kier molecular flexibility index (Phi) is 7.26. The molecule has 0 aromatic carbocycles. The van der Waals surface area contributed by atoms with Crippen LogP contribution in [0.3, 0.4) is 0 Å². The maximum absolute atomic E-state index is 13.0. The number of hydrogen-bond acceptors (Lipinski definition) is 5. The van der Waals surface area contributed by atoms with E-state index in [1.807, 2.05) is 24.8 Å². The second-order valence-corrected chi connectivity index (χ2v) is 7.61. The number of amides is 1. The summed E-state index contributed by atoms with van der Waals surface area (Å²) >= 11 is 0. The molecule has 0 N–H and O–H groups in total. The predicted octanol–water partition coefficient (Wildman–Crippen LogP) is 1.80. The summed E-state index contributed by atoms with van der Waals surface area (Å²) in [4.78, 5) is 17.6. The number of morpholine rings is 1. The van der Waals surface area contributed by atoms with Gasteiger partial charge in [0.25, 0.3) is 5.91 Å². The van der Waals surface area contributed by atoms with Crippen LogP contribution < -0.4 is 0 Å². The van der Waals surface area contributed by atoms with E-state index < -0.39 is 0 Å². The molecule has 0 unspecified atom stereocenters. The van der Waals surface area contributed by atoms with Crippen LogP contribution in [0.15, 0.2) is 6.07 Å². The van der Waals surface area contributed by atoms with E-state index in [4.69, 9.17) is 9.47 Å². The Morgan fingerprint density at radius 1 is 1.30 bits per heavy atom. The molecule has 0 radical (unpaired) electrons. The van der Waals surface area contributed by atoms with Gasteiger partial charge in [-0.3, -0.25) is 14.4 Å². The molecule has 7 nitrogen and oxygen atoms in total. The number of nitrogens with zero attached hydrogens (tertiary/aromatic N) is 4. The van der Waals surface area contributed by atoms with E-state index in [-0.39, 0.29) is 5.91 Å². The number of aryl methyl sites for hydroxylation is 1. The highest BCUT2D eigenvalue weighted by molar-refractivity contribution is 5.92. The van der Waals surface area contributed by atoms with E-state index in [9.17, 15) is 4.79 Å². The third-order valence-corrected chi connectivity index (χ3v) is 5.90. The van der Waals surface area contributed by atoms with Gasteiger partial charge in [-0.25, -0.2) is 0 Å². The van der Waals surface area contributed by atoms with Gasteiger partial charge >= 0.3 is 0 Å². The van der Waals surface area contributed by atoms with E-state index in [1.165, 1.54) is 0 Å². The average molecular weight is 379 g/mol. The summed E-state index contributed by atoms with van der Waals surface area (Å²) < 4.78 is 12.7. The molecule has 0 spiro atoms. The summed E-state index contributed by atoms with van der Waals surface area (Å²) in [5, 5.41) is 4.47. The van der Waals surface area contributed by atoms with Crippen LogP contribution in [0.4, 0.5) is 0 Å². The molecule has 1 aromatic heterocycles. The van der Waals surface area contributed by atoms with Crippen LogP contribution in [-0.4, -0.2) is 84.1 Å². The quantitative estimate of drug-likeness (QED) is 0.677. The molecule has 1 aromatic rings. The SMILES string of the molecule is CCOCCn1nc(C)cc1C(=O)N1CCC([C@@H](C)N2CCOCC2)CC1. The largest absolute Gasteiger partial charge is 0.380 e. The fourth-order valence-electron chi connectivity index (χ4n) is 4.21. The smallest absolute Gasteiger partial charge is 0.272 e. The topological polar surface area (TPSA) is 59.8 Å². The van der Waals surface area contributed by atoms with Gasteiger partial charge in [-0.1, -0.05) is 0 Å². The second-order valence-electron chi connectivity index (χ2n) is 7.61. The van der Waals surface area contributed by atoms with E-state index in [1.54, 1.807) is 4.68 Å². The molecule has 0 saturated carbocycles. The number of carbonyl (C=O) groups is 1. The highest BCUT2D eigenvalue weighted by Gasteiger charge is 2.31. The van der Waals surface area contributed by atoms with Crippen molar-refractivity contribution in [2.45, 2.75) is 46.2 Å². The lowest BCUT2D eigenvalue weighted by Crippen LogP contribution is -2.49. The van der Waals surface area contributed by atoms with Crippen molar-refractivity contribution in [1.29, 1.82) is 0 Å². The molecule has 27 heavy (non-hydrogen) atoms. The summed E-state index contributed by atoms with van der Waals surface area (Å²) in [6.07, 6.45) is 2.13. The molecule has 7 heteroatoms. The lowest BCUT2D eigenvalue weighted by Gasteiger charge is -2.41. The Bertz CT molecular complexity index is 604. The van der Waals surface area contributed by atoms with Crippen molar-refractivity contribution in [3.8, 4) is 0 Å². The number of aromatic nitrogens is 2. The number of likely N-dealkylation sites (tertiary alicyclic amines) is 1. The predicted molar refractivity (Wildman–Crippen MR) is 104 cm³/mol. The highest BCUT2D eigenvalue weighted by Crippen LogP contribution is 2.25. The Morgan fingerprint density at radius 3 is 2.67 bits per heavy atom. The first kappa shape index (κ1) is 20.3. The number of rotatable bonds is 7. The third kappa shape index (κ3) is 5.09. The van der Waals surface area contributed by atoms with Crippen molar-refractivity contribution in [3.05, 3.63) is 17.5 Å². The van der Waals surface area contributed by atoms with Crippen molar-refractivity contribution >= 4 is 5.91 Å². The van der Waals surface area contributed by atoms with Gasteiger partial charge in [0.2, 0.25) is 0 Å². The molecule has 1 atom stereocenters. The number of piperidine rings is 1. The van der Waals surface area contributed by atoms with Crippen molar-refractivity contribution in [2.75, 3.05) is 52.6 Å². The molecule has 0 aliphatic carbocycles. The molecule has 2 aliphatic heterocycles. The van der Waals surface area contributed by atoms with Gasteiger partial charge in [0.15, 0.2) is 0 Å². The van der Waals surface area contributed by atoms with Crippen LogP contribution in [0, 0.1) is 12.8 Å². The molecule has 2 fully saturated rings. The van der Waals surface area contributed by atoms with Crippen LogP contribution in [0.25, 0.3) is 0 Å². The highest BCUT2D eigenvalue weighted by atomic mass is 16.5. The van der Waals surface area contributed by atoms with Gasteiger partial charge in [-0.15, -0.1) is 0 Å². The summed E-state index contributed by atoms with van der Waals surface area (Å²) in [5.74, 6) is 0.751. The molecular formula is C20H34N4O3. The van der Waals surface area contributed by atoms with Crippen LogP contribution in [-0.2, 0) is 16.0 Å². The van der Waals surface area contributed by atoms with E-state index in [0.29, 0.717) is 37.4 Å². The van der Waals surface area contributed by atoms with Crippen LogP contribution in [0.5, 0.6) is 0 Å². The zero-order chi connectivity index (χ0) is 19.2. The fraction of sp³-hybridized carbons (Fsp3) is 0.800. The first-order valence-electron chi connectivity index (χ1n) is 10.3. The molecule has 0 bridgehead atoms. The maximum atomic E-state index is 13.0. The van der Waals surface area contributed by atoms with Gasteiger partial charge < -0.3 is 14.4 Å². The lowest BCUT2D eigenvalue weighted by atomic mass is 9.89. The van der Waals surface area contributed by atoms with E-state index >= 15 is 0 Å². The van der Waals surface area contributed by atoms with Crippen molar-refractivity contribution < 1.29 is 14.3 Å². The molecule has 3 heterocycles. The first-order chi connectivity index (χ1) is 13.1. The van der Waals surface area contributed by atoms with E-state index in [0.717, 1.165) is 57.9 Å². The number of carbonyl (C=O) groups excluding carboxylic acids is 1. The van der Waals surface area contributed by atoms with Crippen molar-refractivity contribution in [1.82, 2.24) is 19.6 Å². The molecule has 152 valence electrons. The number of hydrogen-bond donors (Lipinski definition) is 0. The van der Waals surface area contributed by atoms with Crippen LogP contribution >= 0.6 is 0 Å². The molecule has 1 amide bonds. The Morgan fingerprint density at radius 2 is 2.00 bits per heavy atom. The third-order valence-electron chi connectivity index (χ3n) is 5.90.